The van der Waals surface area contributed by atoms with Gasteiger partial charge in [-0.15, -0.1) is 0 Å². The normalized spacial score (nSPS) is 11.8. The Morgan fingerprint density at radius 3 is 2.46 bits per heavy atom. The minimum Gasteiger partial charge on any atom is -0.493 e. The summed E-state index contributed by atoms with van der Waals surface area (Å²) in [5.41, 5.74) is 1.24. The smallest absolute Gasteiger partial charge is 0.387 e. The maximum absolute atomic E-state index is 12.4. The van der Waals surface area contributed by atoms with Gasteiger partial charge < -0.3 is 9.47 Å². The van der Waals surface area contributed by atoms with Gasteiger partial charge in [0.2, 0.25) is 0 Å². The number of nitrogens with one attached hydrogen (secondary N) is 1. The summed E-state index contributed by atoms with van der Waals surface area (Å²) in [6.07, 6.45) is 1.16. The third-order valence-corrected chi connectivity index (χ3v) is 4.70. The molecule has 0 heterocycles. The molecule has 2 aromatic rings. The number of halogens is 3. The minimum absolute atomic E-state index is 0.0411. The average molecular weight is 405 g/mol. The second kappa shape index (κ2) is 8.33. The Morgan fingerprint density at radius 1 is 1.23 bits per heavy atom. The molecule has 0 aliphatic heterocycles. The van der Waals surface area contributed by atoms with Gasteiger partial charge in [0, 0.05) is 0 Å². The van der Waals surface area contributed by atoms with Gasteiger partial charge in [0.1, 0.15) is 0 Å². The number of ether oxygens (including phenoxy) is 2. The summed E-state index contributed by atoms with van der Waals surface area (Å²) < 4.78 is 58.3. The van der Waals surface area contributed by atoms with Gasteiger partial charge in [-0.25, -0.2) is 4.83 Å². The Labute approximate surface area is 154 Å². The lowest BCUT2D eigenvalue weighted by Crippen LogP contribution is -2.18. The largest absolute Gasteiger partial charge is 0.493 e. The maximum Gasteiger partial charge on any atom is 0.387 e. The number of hydrazone groups is 1. The van der Waals surface area contributed by atoms with Crippen LogP contribution >= 0.6 is 11.6 Å². The first kappa shape index (κ1) is 19.9. The molecule has 0 unspecified atom stereocenters. The van der Waals surface area contributed by atoms with Crippen molar-refractivity contribution >= 4 is 27.8 Å². The SMILES string of the molecule is COc1cc(/C=N\NS(=O)(=O)c2ccc(C)cc2)cc(Cl)c1OC(F)F. The molecule has 0 saturated heterocycles. The summed E-state index contributed by atoms with van der Waals surface area (Å²) in [5.74, 6) is -0.359. The van der Waals surface area contributed by atoms with E-state index in [2.05, 4.69) is 14.7 Å². The van der Waals surface area contributed by atoms with Crippen LogP contribution in [0, 0.1) is 6.92 Å². The first-order chi connectivity index (χ1) is 12.2. The average Bonchev–Trinajstić information content (AvgIpc) is 2.57. The van der Waals surface area contributed by atoms with E-state index in [9.17, 15) is 17.2 Å². The number of nitrogens with zero attached hydrogens (tertiary/aromatic N) is 1. The maximum atomic E-state index is 12.4. The summed E-state index contributed by atoms with van der Waals surface area (Å²) in [6, 6.07) is 8.82. The van der Waals surface area contributed by atoms with E-state index in [-0.39, 0.29) is 21.4 Å². The Hall–Kier alpha value is -2.39. The fourth-order valence-corrected chi connectivity index (χ4v) is 3.01. The summed E-state index contributed by atoms with van der Waals surface area (Å²) in [6.45, 7) is -1.23. The molecule has 0 fully saturated rings. The predicted molar refractivity (Wildman–Crippen MR) is 93.7 cm³/mol. The molecule has 0 amide bonds. The highest BCUT2D eigenvalue weighted by atomic mass is 35.5. The molecule has 6 nitrogen and oxygen atoms in total. The zero-order valence-electron chi connectivity index (χ0n) is 13.7. The van der Waals surface area contributed by atoms with Crippen molar-refractivity contribution in [1.29, 1.82) is 0 Å². The molecule has 0 saturated carbocycles. The first-order valence-electron chi connectivity index (χ1n) is 7.17. The van der Waals surface area contributed by atoms with E-state index in [1.165, 1.54) is 31.4 Å². The zero-order chi connectivity index (χ0) is 19.3. The van der Waals surface area contributed by atoms with E-state index < -0.39 is 16.6 Å². The highest BCUT2D eigenvalue weighted by Gasteiger charge is 2.16. The fourth-order valence-electron chi connectivity index (χ4n) is 1.96. The van der Waals surface area contributed by atoms with Crippen LogP contribution < -0.4 is 14.3 Å². The van der Waals surface area contributed by atoms with E-state index in [0.29, 0.717) is 5.56 Å². The molecule has 1 N–H and O–H groups in total. The molecule has 0 aromatic heterocycles. The van der Waals surface area contributed by atoms with Gasteiger partial charge >= 0.3 is 6.61 Å². The van der Waals surface area contributed by atoms with E-state index in [0.717, 1.165) is 11.8 Å². The van der Waals surface area contributed by atoms with Crippen LogP contribution in [0.1, 0.15) is 11.1 Å². The highest BCUT2D eigenvalue weighted by Crippen LogP contribution is 2.37. The van der Waals surface area contributed by atoms with E-state index >= 15 is 0 Å². The monoisotopic (exact) mass is 404 g/mol. The molecule has 0 radical (unpaired) electrons. The molecule has 2 aromatic carbocycles. The molecule has 2 rings (SSSR count). The van der Waals surface area contributed by atoms with Crippen LogP contribution in [0.25, 0.3) is 0 Å². The van der Waals surface area contributed by atoms with E-state index in [1.807, 2.05) is 6.92 Å². The molecule has 10 heteroatoms. The summed E-state index contributed by atoms with van der Waals surface area (Å²) in [4.78, 5) is 2.11. The third kappa shape index (κ3) is 5.06. The molecule has 0 bridgehead atoms. The van der Waals surface area contributed by atoms with Crippen molar-refractivity contribution in [3.8, 4) is 11.5 Å². The van der Waals surface area contributed by atoms with Gasteiger partial charge in [-0.2, -0.15) is 22.3 Å². The van der Waals surface area contributed by atoms with Gasteiger partial charge in [-0.3, -0.25) is 0 Å². The van der Waals surface area contributed by atoms with Crippen LogP contribution in [0.2, 0.25) is 5.02 Å². The van der Waals surface area contributed by atoms with Crippen LogP contribution in [-0.4, -0.2) is 28.4 Å². The van der Waals surface area contributed by atoms with Crippen LogP contribution in [0.4, 0.5) is 8.78 Å². The second-order valence-corrected chi connectivity index (χ2v) is 7.15. The number of rotatable bonds is 7. The van der Waals surface area contributed by atoms with Crippen molar-refractivity contribution in [2.75, 3.05) is 7.11 Å². The van der Waals surface area contributed by atoms with Crippen LogP contribution in [0.15, 0.2) is 46.4 Å². The number of hydrogen-bond donors (Lipinski definition) is 1. The Bertz CT molecular complexity index is 903. The van der Waals surface area contributed by atoms with Crippen molar-refractivity contribution in [3.05, 3.63) is 52.5 Å². The molecule has 0 spiro atoms. The number of benzene rings is 2. The number of sulfonamides is 1. The topological polar surface area (TPSA) is 77.0 Å². The summed E-state index contributed by atoms with van der Waals surface area (Å²) in [5, 5.41) is 3.52. The van der Waals surface area contributed by atoms with Gasteiger partial charge in [0.15, 0.2) is 11.5 Å². The minimum atomic E-state index is -3.83. The number of methoxy groups -OCH3 is 1. The van der Waals surface area contributed by atoms with E-state index in [4.69, 9.17) is 16.3 Å². The van der Waals surface area contributed by atoms with Crippen LogP contribution in [0.5, 0.6) is 11.5 Å². The van der Waals surface area contributed by atoms with Crippen molar-refractivity contribution in [2.24, 2.45) is 5.10 Å². The van der Waals surface area contributed by atoms with Crippen molar-refractivity contribution in [2.45, 2.75) is 18.4 Å². The number of hydrogen-bond acceptors (Lipinski definition) is 5. The molecular formula is C16H15ClF2N2O4S. The van der Waals surface area contributed by atoms with Crippen LogP contribution in [-0.2, 0) is 10.0 Å². The lowest BCUT2D eigenvalue weighted by atomic mass is 10.2. The number of aryl methyl sites for hydroxylation is 1. The molecular weight excluding hydrogens is 390 g/mol. The molecule has 0 atom stereocenters. The lowest BCUT2D eigenvalue weighted by Gasteiger charge is -2.12. The Morgan fingerprint density at radius 2 is 1.88 bits per heavy atom. The molecule has 26 heavy (non-hydrogen) atoms. The molecule has 0 aliphatic rings. The van der Waals surface area contributed by atoms with Gasteiger partial charge in [0.05, 0.1) is 23.2 Å². The standard InChI is InChI=1S/C16H15ClF2N2O4S/c1-10-3-5-12(6-4-10)26(22,23)21-20-9-11-7-13(17)15(25-16(18)19)14(8-11)24-2/h3-9,16,21H,1-2H3/b20-9-. The lowest BCUT2D eigenvalue weighted by molar-refractivity contribution is -0.0511. The van der Waals surface area contributed by atoms with Crippen molar-refractivity contribution in [1.82, 2.24) is 4.83 Å². The molecule has 0 aliphatic carbocycles. The van der Waals surface area contributed by atoms with Crippen molar-refractivity contribution in [3.63, 3.8) is 0 Å². The number of alkyl halides is 2. The van der Waals surface area contributed by atoms with Gasteiger partial charge in [-0.1, -0.05) is 29.3 Å². The Balaban J connectivity index is 2.20. The van der Waals surface area contributed by atoms with Gasteiger partial charge in [0.25, 0.3) is 10.0 Å². The Kier molecular flexibility index (Phi) is 6.38. The third-order valence-electron chi connectivity index (χ3n) is 3.18. The first-order valence-corrected chi connectivity index (χ1v) is 9.03. The highest BCUT2D eigenvalue weighted by molar-refractivity contribution is 7.89. The fraction of sp³-hybridized carbons (Fsp3) is 0.188. The predicted octanol–water partition coefficient (Wildman–Crippen LogP) is 3.57. The van der Waals surface area contributed by atoms with E-state index in [1.54, 1.807) is 12.1 Å². The summed E-state index contributed by atoms with van der Waals surface area (Å²) >= 11 is 5.90. The summed E-state index contributed by atoms with van der Waals surface area (Å²) in [7, 11) is -2.58. The van der Waals surface area contributed by atoms with Gasteiger partial charge in [-0.05, 0) is 36.8 Å². The quantitative estimate of drug-likeness (QED) is 0.565. The second-order valence-electron chi connectivity index (χ2n) is 5.08. The zero-order valence-corrected chi connectivity index (χ0v) is 15.3. The van der Waals surface area contributed by atoms with Crippen molar-refractivity contribution < 1.29 is 26.7 Å². The molecule has 140 valence electrons. The van der Waals surface area contributed by atoms with Crippen LogP contribution in [0.3, 0.4) is 0 Å².